The molecular formula is C18H26F2. The van der Waals surface area contributed by atoms with Gasteiger partial charge in [-0.15, -0.1) is 0 Å². The van der Waals surface area contributed by atoms with Gasteiger partial charge in [-0.2, -0.15) is 0 Å². The van der Waals surface area contributed by atoms with Crippen molar-refractivity contribution in [2.75, 3.05) is 0 Å². The highest BCUT2D eigenvalue weighted by atomic mass is 19.3. The van der Waals surface area contributed by atoms with Crippen molar-refractivity contribution in [3.8, 4) is 0 Å². The summed E-state index contributed by atoms with van der Waals surface area (Å²) < 4.78 is 26.7. The predicted molar refractivity (Wildman–Crippen MR) is 80.0 cm³/mol. The maximum atomic E-state index is 13.3. The average Bonchev–Trinajstić information content (AvgIpc) is 2.32. The molecule has 0 heterocycles. The van der Waals surface area contributed by atoms with Gasteiger partial charge in [-0.25, -0.2) is 8.78 Å². The first-order chi connectivity index (χ1) is 9.18. The molecule has 0 atom stereocenters. The molecule has 0 spiro atoms. The van der Waals surface area contributed by atoms with Gasteiger partial charge in [0.2, 0.25) is 0 Å². The van der Waals surface area contributed by atoms with Gasteiger partial charge in [0.05, 0.1) is 0 Å². The van der Waals surface area contributed by atoms with E-state index in [1.54, 1.807) is 12.1 Å². The van der Waals surface area contributed by atoms with Crippen LogP contribution in [0.1, 0.15) is 58.1 Å². The lowest BCUT2D eigenvalue weighted by Crippen LogP contribution is -2.34. The van der Waals surface area contributed by atoms with Crippen molar-refractivity contribution >= 4 is 0 Å². The van der Waals surface area contributed by atoms with Crippen LogP contribution in [0.15, 0.2) is 24.3 Å². The molecule has 0 aromatic heterocycles. The minimum absolute atomic E-state index is 0.130. The number of halogens is 2. The second kappa shape index (κ2) is 5.46. The van der Waals surface area contributed by atoms with Crippen molar-refractivity contribution in [3.05, 3.63) is 35.4 Å². The molecule has 2 heteroatoms. The molecule has 1 aromatic carbocycles. The van der Waals surface area contributed by atoms with Crippen LogP contribution in [-0.4, -0.2) is 0 Å². The zero-order chi connectivity index (χ0) is 15.0. The summed E-state index contributed by atoms with van der Waals surface area (Å²) in [7, 11) is 0. The van der Waals surface area contributed by atoms with E-state index in [2.05, 4.69) is 20.8 Å². The van der Waals surface area contributed by atoms with Crippen molar-refractivity contribution in [1.82, 2.24) is 0 Å². The quantitative estimate of drug-likeness (QED) is 0.639. The topological polar surface area (TPSA) is 0 Å². The van der Waals surface area contributed by atoms with Crippen LogP contribution in [0.3, 0.4) is 0 Å². The van der Waals surface area contributed by atoms with E-state index in [4.69, 9.17) is 0 Å². The normalized spacial score (nSPS) is 23.5. The van der Waals surface area contributed by atoms with Gasteiger partial charge in [-0.1, -0.05) is 39.0 Å². The summed E-state index contributed by atoms with van der Waals surface area (Å²) in [4.78, 5) is 0. The number of benzene rings is 1. The molecule has 2 rings (SSSR count). The molecule has 1 saturated carbocycles. The molecule has 0 unspecified atom stereocenters. The lowest BCUT2D eigenvalue weighted by atomic mass is 9.61. The van der Waals surface area contributed by atoms with Crippen molar-refractivity contribution in [3.63, 3.8) is 0 Å². The highest BCUT2D eigenvalue weighted by Crippen LogP contribution is 2.47. The number of hydrogen-bond acceptors (Lipinski definition) is 0. The predicted octanol–water partition coefficient (Wildman–Crippen LogP) is 5.80. The van der Waals surface area contributed by atoms with Crippen LogP contribution in [0.4, 0.5) is 8.78 Å². The molecule has 0 nitrogen and oxygen atoms in total. The van der Waals surface area contributed by atoms with Crippen molar-refractivity contribution in [2.24, 2.45) is 17.3 Å². The molecule has 20 heavy (non-hydrogen) atoms. The Balaban J connectivity index is 1.97. The van der Waals surface area contributed by atoms with Crippen LogP contribution in [-0.2, 0) is 12.3 Å². The van der Waals surface area contributed by atoms with E-state index in [1.807, 2.05) is 6.07 Å². The van der Waals surface area contributed by atoms with E-state index in [9.17, 15) is 8.78 Å². The fourth-order valence-corrected chi connectivity index (χ4v) is 3.21. The maximum absolute atomic E-state index is 13.3. The lowest BCUT2D eigenvalue weighted by molar-refractivity contribution is 0.0173. The van der Waals surface area contributed by atoms with Crippen LogP contribution < -0.4 is 0 Å². The molecule has 0 aliphatic heterocycles. The Kier molecular flexibility index (Phi) is 4.22. The van der Waals surface area contributed by atoms with Gasteiger partial charge in [0.15, 0.2) is 0 Å². The Bertz CT molecular complexity index is 451. The summed E-state index contributed by atoms with van der Waals surface area (Å²) >= 11 is 0. The Labute approximate surface area is 121 Å². The van der Waals surface area contributed by atoms with Crippen LogP contribution in [0.5, 0.6) is 0 Å². The van der Waals surface area contributed by atoms with Gasteiger partial charge >= 0.3 is 0 Å². The van der Waals surface area contributed by atoms with E-state index >= 15 is 0 Å². The Hall–Kier alpha value is -0.920. The smallest absolute Gasteiger partial charge is 0.202 e. The zero-order valence-corrected chi connectivity index (χ0v) is 13.0. The number of rotatable bonds is 5. The third-order valence-corrected chi connectivity index (χ3v) is 4.97. The molecule has 0 bridgehead atoms. The van der Waals surface area contributed by atoms with Gasteiger partial charge in [0, 0.05) is 12.5 Å². The van der Waals surface area contributed by atoms with Gasteiger partial charge in [0.25, 0.3) is 5.92 Å². The second-order valence-electron chi connectivity index (χ2n) is 7.35. The highest BCUT2D eigenvalue weighted by Gasteiger charge is 2.37. The van der Waals surface area contributed by atoms with Crippen LogP contribution in [0.25, 0.3) is 0 Å². The minimum Gasteiger partial charge on any atom is -0.202 e. The molecule has 0 radical (unpaired) electrons. The largest absolute Gasteiger partial charge is 0.270 e. The van der Waals surface area contributed by atoms with Crippen molar-refractivity contribution in [1.29, 1.82) is 0 Å². The van der Waals surface area contributed by atoms with E-state index in [-0.39, 0.29) is 5.56 Å². The Morgan fingerprint density at radius 1 is 1.15 bits per heavy atom. The molecule has 1 aliphatic carbocycles. The van der Waals surface area contributed by atoms with E-state index < -0.39 is 5.92 Å². The second-order valence-corrected chi connectivity index (χ2v) is 7.35. The zero-order valence-electron chi connectivity index (χ0n) is 13.0. The SMILES string of the molecule is CC1CC(C(C)(C)CCc2cccc(C(C)(F)F)c2)C1. The highest BCUT2D eigenvalue weighted by molar-refractivity contribution is 5.26. The van der Waals surface area contributed by atoms with Crippen LogP contribution >= 0.6 is 0 Å². The van der Waals surface area contributed by atoms with Crippen molar-refractivity contribution < 1.29 is 8.78 Å². The summed E-state index contributed by atoms with van der Waals surface area (Å²) in [6.07, 6.45) is 4.60. The lowest BCUT2D eigenvalue weighted by Gasteiger charge is -2.44. The average molecular weight is 280 g/mol. The molecule has 0 N–H and O–H groups in total. The van der Waals surface area contributed by atoms with Crippen LogP contribution in [0, 0.1) is 17.3 Å². The number of aryl methyl sites for hydroxylation is 1. The van der Waals surface area contributed by atoms with E-state index in [0.717, 1.165) is 37.2 Å². The fourth-order valence-electron chi connectivity index (χ4n) is 3.21. The Morgan fingerprint density at radius 3 is 2.35 bits per heavy atom. The summed E-state index contributed by atoms with van der Waals surface area (Å²) in [5.41, 5.74) is 1.48. The molecular weight excluding hydrogens is 254 g/mol. The van der Waals surface area contributed by atoms with E-state index in [1.165, 1.54) is 18.9 Å². The number of hydrogen-bond donors (Lipinski definition) is 0. The summed E-state index contributed by atoms with van der Waals surface area (Å²) in [6, 6.07) is 6.90. The van der Waals surface area contributed by atoms with Gasteiger partial charge in [-0.05, 0) is 54.6 Å². The monoisotopic (exact) mass is 280 g/mol. The first-order valence-electron chi connectivity index (χ1n) is 7.66. The Morgan fingerprint density at radius 2 is 1.80 bits per heavy atom. The molecule has 1 fully saturated rings. The van der Waals surface area contributed by atoms with Gasteiger partial charge < -0.3 is 0 Å². The third-order valence-electron chi connectivity index (χ3n) is 4.97. The molecule has 1 aromatic rings. The fraction of sp³-hybridized carbons (Fsp3) is 0.667. The first kappa shape index (κ1) is 15.5. The molecule has 0 amide bonds. The standard InChI is InChI=1S/C18H26F2/c1-13-10-16(11-13)17(2,3)9-8-14-6-5-7-15(12-14)18(4,19)20/h5-7,12-13,16H,8-11H2,1-4H3. The van der Waals surface area contributed by atoms with Crippen molar-refractivity contribution in [2.45, 2.75) is 59.3 Å². The summed E-state index contributed by atoms with van der Waals surface area (Å²) in [5.74, 6) is -1.08. The molecule has 0 saturated heterocycles. The van der Waals surface area contributed by atoms with E-state index in [0.29, 0.717) is 5.41 Å². The van der Waals surface area contributed by atoms with Gasteiger partial charge in [-0.3, -0.25) is 0 Å². The third kappa shape index (κ3) is 3.59. The molecule has 1 aliphatic rings. The minimum atomic E-state index is -2.74. The summed E-state index contributed by atoms with van der Waals surface area (Å²) in [6.45, 7) is 7.91. The number of alkyl halides is 2. The first-order valence-corrected chi connectivity index (χ1v) is 7.66. The van der Waals surface area contributed by atoms with Gasteiger partial charge in [0.1, 0.15) is 0 Å². The van der Waals surface area contributed by atoms with Crippen LogP contribution in [0.2, 0.25) is 0 Å². The maximum Gasteiger partial charge on any atom is 0.270 e. The molecule has 112 valence electrons. The summed E-state index contributed by atoms with van der Waals surface area (Å²) in [5, 5.41) is 0.